The molecule has 0 aromatic heterocycles. The van der Waals surface area contributed by atoms with Gasteiger partial charge in [0.15, 0.2) is 11.6 Å². The molecule has 5 rings (SSSR count). The van der Waals surface area contributed by atoms with Gasteiger partial charge in [-0.05, 0) is 86.0 Å². The van der Waals surface area contributed by atoms with E-state index in [2.05, 4.69) is 50.1 Å². The van der Waals surface area contributed by atoms with Crippen LogP contribution in [-0.4, -0.2) is 29.7 Å². The van der Waals surface area contributed by atoms with E-state index in [0.717, 1.165) is 50.5 Å². The molecule has 5 aliphatic carbocycles. The van der Waals surface area contributed by atoms with E-state index < -0.39 is 10.8 Å². The largest absolute Gasteiger partial charge is 0.338 e. The lowest BCUT2D eigenvalue weighted by atomic mass is 9.35. The molecule has 212 valence electrons. The minimum atomic E-state index is -0.655. The Morgan fingerprint density at radius 2 is 1.69 bits per heavy atom. The molecule has 0 aromatic rings. The van der Waals surface area contributed by atoms with Gasteiger partial charge in [-0.3, -0.25) is 4.79 Å². The Hall–Kier alpha value is -2.42. The summed E-state index contributed by atoms with van der Waals surface area (Å²) < 4.78 is 0. The van der Waals surface area contributed by atoms with Gasteiger partial charge in [0.1, 0.15) is 0 Å². The molecule has 3 saturated carbocycles. The number of allylic oxidation sites excluding steroid dienone is 4. The van der Waals surface area contributed by atoms with Crippen molar-refractivity contribution >= 4 is 17.6 Å². The minimum Gasteiger partial charge on any atom is -0.338 e. The Balaban J connectivity index is 1.66. The van der Waals surface area contributed by atoms with Crippen molar-refractivity contribution in [1.29, 1.82) is 0 Å². The molecule has 0 heterocycles. The smallest absolute Gasteiger partial charge is 0.315 e. The molecule has 0 aliphatic heterocycles. The maximum absolute atomic E-state index is 14.5. The molecule has 0 bridgehead atoms. The predicted molar refractivity (Wildman–Crippen MR) is 152 cm³/mol. The quantitative estimate of drug-likeness (QED) is 0.391. The summed E-state index contributed by atoms with van der Waals surface area (Å²) in [6, 6.07) is -0.129. The van der Waals surface area contributed by atoms with Crippen molar-refractivity contribution in [2.75, 3.05) is 6.54 Å². The minimum absolute atomic E-state index is 0.0472. The number of fused-ring (bicyclic) bond motifs is 7. The summed E-state index contributed by atoms with van der Waals surface area (Å²) in [5, 5.41) is 6.35. The fraction of sp³-hybridized carbons (Fsp3) is 0.758. The van der Waals surface area contributed by atoms with Crippen molar-refractivity contribution in [2.24, 2.45) is 44.8 Å². The highest BCUT2D eigenvalue weighted by atomic mass is 16.2. The average molecular weight is 534 g/mol. The molecule has 39 heavy (non-hydrogen) atoms. The van der Waals surface area contributed by atoms with Gasteiger partial charge in [-0.15, -0.1) is 0 Å². The third kappa shape index (κ3) is 3.67. The molecule has 3 fully saturated rings. The van der Waals surface area contributed by atoms with Crippen LogP contribution in [0.1, 0.15) is 100 Å². The molecule has 0 radical (unpaired) electrons. The highest BCUT2D eigenvalue weighted by Gasteiger charge is 2.70. The van der Waals surface area contributed by atoms with Gasteiger partial charge in [0.2, 0.25) is 5.70 Å². The van der Waals surface area contributed by atoms with Crippen molar-refractivity contribution in [3.8, 4) is 0 Å². The zero-order valence-corrected chi connectivity index (χ0v) is 25.2. The van der Waals surface area contributed by atoms with Crippen LogP contribution in [0, 0.1) is 51.4 Å². The summed E-state index contributed by atoms with van der Waals surface area (Å²) in [6.07, 6.45) is 10.2. The molecular formula is C33H47N3O3. The Bertz CT molecular complexity index is 1240. The Labute approximate surface area is 234 Å². The van der Waals surface area contributed by atoms with Crippen molar-refractivity contribution < 1.29 is 14.4 Å². The third-order valence-corrected chi connectivity index (χ3v) is 12.5. The first-order valence-corrected chi connectivity index (χ1v) is 15.0. The number of ketones is 2. The number of urea groups is 1. The maximum atomic E-state index is 14.5. The van der Waals surface area contributed by atoms with Gasteiger partial charge in [-0.25, -0.2) is 9.64 Å². The lowest BCUT2D eigenvalue weighted by Crippen LogP contribution is -2.70. The van der Waals surface area contributed by atoms with E-state index >= 15 is 0 Å². The highest BCUT2D eigenvalue weighted by molar-refractivity contribution is 6.03. The maximum Gasteiger partial charge on any atom is 0.315 e. The molecule has 6 nitrogen and oxygen atoms in total. The van der Waals surface area contributed by atoms with Gasteiger partial charge < -0.3 is 15.4 Å². The molecule has 0 saturated heterocycles. The zero-order valence-electron chi connectivity index (χ0n) is 25.2. The molecule has 2 amide bonds. The average Bonchev–Trinajstić information content (AvgIpc) is 2.84. The highest BCUT2D eigenvalue weighted by Crippen LogP contribution is 2.73. The molecule has 0 spiro atoms. The van der Waals surface area contributed by atoms with Crippen molar-refractivity contribution in [2.45, 2.75) is 106 Å². The van der Waals surface area contributed by atoms with Crippen LogP contribution in [0.4, 0.5) is 4.79 Å². The third-order valence-electron chi connectivity index (χ3n) is 12.5. The van der Waals surface area contributed by atoms with Crippen molar-refractivity contribution in [1.82, 2.24) is 10.6 Å². The molecular weight excluding hydrogens is 486 g/mol. The van der Waals surface area contributed by atoms with Gasteiger partial charge in [0, 0.05) is 28.8 Å². The van der Waals surface area contributed by atoms with Crippen LogP contribution in [-0.2, 0) is 9.59 Å². The van der Waals surface area contributed by atoms with E-state index in [4.69, 9.17) is 6.57 Å². The first-order valence-electron chi connectivity index (χ1n) is 15.0. The number of amides is 2. The SMILES string of the molecule is [C-]#[N+]C1=C[C@]2(C)C3=CC(=O)C4C5CC(C)(C)CC[C@]5(NC(=O)NCC)CC[C@@]4(C)[C@]3(C)CC[C@H]2C(C)(C)C1=O. The summed E-state index contributed by atoms with van der Waals surface area (Å²) in [7, 11) is 0. The van der Waals surface area contributed by atoms with E-state index in [1.807, 2.05) is 32.9 Å². The lowest BCUT2D eigenvalue weighted by Gasteiger charge is -2.69. The van der Waals surface area contributed by atoms with Gasteiger partial charge in [0.25, 0.3) is 0 Å². The van der Waals surface area contributed by atoms with Crippen LogP contribution in [0.5, 0.6) is 0 Å². The van der Waals surface area contributed by atoms with Crippen LogP contribution in [0.2, 0.25) is 0 Å². The molecule has 0 aromatic carbocycles. The summed E-state index contributed by atoms with van der Waals surface area (Å²) in [5.74, 6) is 0.0340. The van der Waals surface area contributed by atoms with Crippen LogP contribution in [0.25, 0.3) is 4.85 Å². The molecule has 7 atom stereocenters. The number of carbonyl (C=O) groups is 3. The fourth-order valence-corrected chi connectivity index (χ4v) is 10.2. The lowest BCUT2D eigenvalue weighted by molar-refractivity contribution is -0.160. The van der Waals surface area contributed by atoms with Crippen LogP contribution in [0.15, 0.2) is 23.4 Å². The molecule has 5 aliphatic rings. The number of Topliss-reactive ketones (excluding diaryl/α,β-unsaturated/α-hetero) is 1. The number of carbonyl (C=O) groups excluding carboxylic acids is 3. The second kappa shape index (κ2) is 8.54. The number of nitrogens with one attached hydrogen (secondary N) is 2. The van der Waals surface area contributed by atoms with Crippen molar-refractivity contribution in [3.05, 3.63) is 34.8 Å². The molecule has 2 unspecified atom stereocenters. The second-order valence-corrected chi connectivity index (χ2v) is 15.4. The molecule has 6 heteroatoms. The standard InChI is InChI=1S/C33H47N3O3/c1-10-35-27(39)36-33-15-13-28(2,3)18-20(33)25-22(37)17-24-30(6)19-21(34-9)26(38)29(4,5)23(30)11-12-31(24,7)32(25,8)14-16-33/h17,19-20,23,25H,10-16,18H2,1-8H3,(H2,35,36,39)/t20?,23-,25?,30-,31+,32+,33-/m0/s1. The number of nitrogens with zero attached hydrogens (tertiary/aromatic N) is 1. The van der Waals surface area contributed by atoms with Crippen LogP contribution < -0.4 is 10.6 Å². The number of hydrogen-bond acceptors (Lipinski definition) is 3. The van der Waals surface area contributed by atoms with Gasteiger partial charge in [0.05, 0.1) is 6.57 Å². The number of hydrogen-bond donors (Lipinski definition) is 2. The monoisotopic (exact) mass is 533 g/mol. The van der Waals surface area contributed by atoms with Crippen LogP contribution >= 0.6 is 0 Å². The Morgan fingerprint density at radius 1 is 1.03 bits per heavy atom. The summed E-state index contributed by atoms with van der Waals surface area (Å²) in [4.78, 5) is 44.3. The predicted octanol–water partition coefficient (Wildman–Crippen LogP) is 6.63. The first kappa shape index (κ1) is 28.1. The summed E-state index contributed by atoms with van der Waals surface area (Å²) in [5.41, 5.74) is -0.631. The first-order chi connectivity index (χ1) is 18.0. The van der Waals surface area contributed by atoms with E-state index in [9.17, 15) is 14.4 Å². The van der Waals surface area contributed by atoms with E-state index in [1.54, 1.807) is 0 Å². The zero-order chi connectivity index (χ0) is 28.8. The van der Waals surface area contributed by atoms with Crippen LogP contribution in [0.3, 0.4) is 0 Å². The van der Waals surface area contributed by atoms with E-state index in [-0.39, 0.29) is 62.8 Å². The van der Waals surface area contributed by atoms with E-state index in [1.165, 1.54) is 0 Å². The van der Waals surface area contributed by atoms with Gasteiger partial charge in [-0.2, -0.15) is 0 Å². The fourth-order valence-electron chi connectivity index (χ4n) is 10.2. The van der Waals surface area contributed by atoms with Gasteiger partial charge in [-0.1, -0.05) is 60.1 Å². The topological polar surface area (TPSA) is 79.6 Å². The normalized spacial score (nSPS) is 43.8. The summed E-state index contributed by atoms with van der Waals surface area (Å²) in [6.45, 7) is 25.7. The number of rotatable bonds is 2. The Kier molecular flexibility index (Phi) is 6.16. The Morgan fingerprint density at radius 3 is 2.33 bits per heavy atom. The van der Waals surface area contributed by atoms with Gasteiger partial charge >= 0.3 is 6.03 Å². The molecule has 2 N–H and O–H groups in total. The second-order valence-electron chi connectivity index (χ2n) is 15.4. The van der Waals surface area contributed by atoms with Crippen molar-refractivity contribution in [3.63, 3.8) is 0 Å². The summed E-state index contributed by atoms with van der Waals surface area (Å²) >= 11 is 0. The van der Waals surface area contributed by atoms with E-state index in [0.29, 0.717) is 6.54 Å².